The lowest BCUT2D eigenvalue weighted by Crippen LogP contribution is -2.51. The highest BCUT2D eigenvalue weighted by molar-refractivity contribution is 7.90. The first kappa shape index (κ1) is 28.3. The molecule has 3 atom stereocenters. The van der Waals surface area contributed by atoms with Crippen molar-refractivity contribution in [2.45, 2.75) is 69.8 Å². The Bertz CT molecular complexity index is 1220. The van der Waals surface area contributed by atoms with Crippen LogP contribution in [0.3, 0.4) is 0 Å². The van der Waals surface area contributed by atoms with Crippen molar-refractivity contribution in [1.82, 2.24) is 14.9 Å². The van der Waals surface area contributed by atoms with Gasteiger partial charge in [-0.15, -0.1) is 0 Å². The van der Waals surface area contributed by atoms with E-state index in [-0.39, 0.29) is 18.9 Å². The van der Waals surface area contributed by atoms with Crippen LogP contribution < -0.4 is 10.6 Å². The first-order valence-electron chi connectivity index (χ1n) is 12.2. The molecule has 1 saturated heterocycles. The Morgan fingerprint density at radius 2 is 1.59 bits per heavy atom. The summed E-state index contributed by atoms with van der Waals surface area (Å²) >= 11 is 0. The fourth-order valence-corrected chi connectivity index (χ4v) is 6.81. The van der Waals surface area contributed by atoms with E-state index in [0.29, 0.717) is 18.4 Å². The molecular formula is C27H35N3O6S. The maximum Gasteiger partial charge on any atom is 0.245 e. The van der Waals surface area contributed by atoms with E-state index < -0.39 is 44.7 Å². The third-order valence-electron chi connectivity index (χ3n) is 6.19. The fourth-order valence-electron chi connectivity index (χ4n) is 4.58. The number of sulfonamides is 1. The SMILES string of the molecule is CC(=O)NC(Cc1ccccc1)C(=O)NC(CO)Cc1ccc(C2CC(=O)N(C(C)(C)C)S2(=O)=O)cc1. The number of nitrogens with one attached hydrogen (secondary N) is 2. The van der Waals surface area contributed by atoms with Gasteiger partial charge in [-0.05, 0) is 43.9 Å². The van der Waals surface area contributed by atoms with Gasteiger partial charge >= 0.3 is 0 Å². The van der Waals surface area contributed by atoms with Gasteiger partial charge in [0, 0.05) is 13.3 Å². The number of rotatable bonds is 9. The van der Waals surface area contributed by atoms with Gasteiger partial charge in [0.2, 0.25) is 27.7 Å². The number of carbonyl (C=O) groups is 3. The Morgan fingerprint density at radius 1 is 1.00 bits per heavy atom. The molecule has 200 valence electrons. The summed E-state index contributed by atoms with van der Waals surface area (Å²) in [6.07, 6.45) is 0.491. The van der Waals surface area contributed by atoms with E-state index in [9.17, 15) is 27.9 Å². The Balaban J connectivity index is 1.69. The number of hydrogen-bond acceptors (Lipinski definition) is 6. The monoisotopic (exact) mass is 529 g/mol. The molecule has 3 amide bonds. The van der Waals surface area contributed by atoms with Crippen molar-refractivity contribution in [3.05, 3.63) is 71.3 Å². The summed E-state index contributed by atoms with van der Waals surface area (Å²) in [4.78, 5) is 37.1. The van der Waals surface area contributed by atoms with Gasteiger partial charge in [-0.1, -0.05) is 54.6 Å². The zero-order chi connectivity index (χ0) is 27.4. The minimum atomic E-state index is -3.84. The first-order chi connectivity index (χ1) is 17.3. The van der Waals surface area contributed by atoms with Crippen molar-refractivity contribution >= 4 is 27.7 Å². The molecule has 2 aromatic rings. The van der Waals surface area contributed by atoms with E-state index in [1.54, 1.807) is 45.0 Å². The summed E-state index contributed by atoms with van der Waals surface area (Å²) in [5.74, 6) is -1.17. The van der Waals surface area contributed by atoms with Crippen LogP contribution in [0.4, 0.5) is 0 Å². The topological polar surface area (TPSA) is 133 Å². The number of aliphatic hydroxyl groups excluding tert-OH is 1. The van der Waals surface area contributed by atoms with Gasteiger partial charge in [-0.2, -0.15) is 0 Å². The first-order valence-corrected chi connectivity index (χ1v) is 13.7. The van der Waals surface area contributed by atoms with E-state index in [2.05, 4.69) is 10.6 Å². The molecule has 0 radical (unpaired) electrons. The van der Waals surface area contributed by atoms with E-state index in [1.165, 1.54) is 6.92 Å². The lowest BCUT2D eigenvalue weighted by Gasteiger charge is -2.30. The Hall–Kier alpha value is -3.24. The zero-order valence-corrected chi connectivity index (χ0v) is 22.4. The molecule has 0 aromatic heterocycles. The summed E-state index contributed by atoms with van der Waals surface area (Å²) in [6.45, 7) is 6.08. The van der Waals surface area contributed by atoms with Crippen LogP contribution in [0.5, 0.6) is 0 Å². The summed E-state index contributed by atoms with van der Waals surface area (Å²) < 4.78 is 27.1. The normalized spacial score (nSPS) is 18.8. The van der Waals surface area contributed by atoms with Crippen LogP contribution in [0.15, 0.2) is 54.6 Å². The molecule has 0 spiro atoms. The van der Waals surface area contributed by atoms with Crippen LogP contribution in [0, 0.1) is 0 Å². The number of amides is 3. The van der Waals surface area contributed by atoms with Gasteiger partial charge in [0.15, 0.2) is 0 Å². The molecule has 9 nitrogen and oxygen atoms in total. The maximum absolute atomic E-state index is 13.0. The van der Waals surface area contributed by atoms with Crippen molar-refractivity contribution in [1.29, 1.82) is 0 Å². The van der Waals surface area contributed by atoms with Crippen LogP contribution in [0.25, 0.3) is 0 Å². The number of aliphatic hydroxyl groups is 1. The molecule has 0 saturated carbocycles. The van der Waals surface area contributed by atoms with Gasteiger partial charge in [-0.25, -0.2) is 12.7 Å². The quantitative estimate of drug-likeness (QED) is 0.454. The minimum absolute atomic E-state index is 0.111. The van der Waals surface area contributed by atoms with Gasteiger partial charge in [0.05, 0.1) is 24.6 Å². The Labute approximate surface area is 218 Å². The van der Waals surface area contributed by atoms with Crippen LogP contribution in [-0.4, -0.2) is 59.8 Å². The largest absolute Gasteiger partial charge is 0.394 e. The molecule has 1 heterocycles. The van der Waals surface area contributed by atoms with Crippen LogP contribution in [-0.2, 0) is 37.2 Å². The molecule has 10 heteroatoms. The molecule has 3 unspecified atom stereocenters. The molecule has 2 aromatic carbocycles. The van der Waals surface area contributed by atoms with Gasteiger partial charge in [-0.3, -0.25) is 14.4 Å². The Kier molecular flexibility index (Phi) is 8.76. The van der Waals surface area contributed by atoms with Gasteiger partial charge in [0.25, 0.3) is 0 Å². The predicted octanol–water partition coefficient (Wildman–Crippen LogP) is 1.86. The number of nitrogens with zero attached hydrogens (tertiary/aromatic N) is 1. The van der Waals surface area contributed by atoms with Crippen LogP contribution in [0.2, 0.25) is 0 Å². The zero-order valence-electron chi connectivity index (χ0n) is 21.6. The third-order valence-corrected chi connectivity index (χ3v) is 8.61. The van der Waals surface area contributed by atoms with Crippen molar-refractivity contribution in [2.24, 2.45) is 0 Å². The lowest BCUT2D eigenvalue weighted by molar-refractivity contribution is -0.128. The predicted molar refractivity (Wildman–Crippen MR) is 140 cm³/mol. The molecule has 1 fully saturated rings. The van der Waals surface area contributed by atoms with Crippen molar-refractivity contribution in [3.8, 4) is 0 Å². The molecular weight excluding hydrogens is 494 g/mol. The molecule has 3 rings (SSSR count). The molecule has 0 bridgehead atoms. The van der Waals surface area contributed by atoms with Crippen molar-refractivity contribution in [3.63, 3.8) is 0 Å². The number of carbonyl (C=O) groups excluding carboxylic acids is 3. The minimum Gasteiger partial charge on any atom is -0.394 e. The van der Waals surface area contributed by atoms with E-state index >= 15 is 0 Å². The summed E-state index contributed by atoms with van der Waals surface area (Å²) in [5.41, 5.74) is 1.34. The standard InChI is InChI=1S/C27H35N3O6S/c1-18(32)28-23(15-19-8-6-5-7-9-19)26(34)29-22(17-31)14-20-10-12-21(13-11-20)24-16-25(33)30(27(2,3)4)37(24,35)36/h5-13,22-24,31H,14-17H2,1-4H3,(H,28,32)(H,29,34). The highest BCUT2D eigenvalue weighted by Gasteiger charge is 2.49. The highest BCUT2D eigenvalue weighted by atomic mass is 32.2. The van der Waals surface area contributed by atoms with E-state index in [1.807, 2.05) is 30.3 Å². The highest BCUT2D eigenvalue weighted by Crippen LogP contribution is 2.40. The molecule has 37 heavy (non-hydrogen) atoms. The average Bonchev–Trinajstić information content (AvgIpc) is 3.07. The van der Waals surface area contributed by atoms with E-state index in [0.717, 1.165) is 15.4 Å². The second-order valence-electron chi connectivity index (χ2n) is 10.3. The fraction of sp³-hybridized carbons (Fsp3) is 0.444. The van der Waals surface area contributed by atoms with Crippen molar-refractivity contribution in [2.75, 3.05) is 6.61 Å². The van der Waals surface area contributed by atoms with E-state index in [4.69, 9.17) is 0 Å². The lowest BCUT2D eigenvalue weighted by atomic mass is 10.0. The maximum atomic E-state index is 13.0. The smallest absolute Gasteiger partial charge is 0.245 e. The van der Waals surface area contributed by atoms with Gasteiger partial charge in [0.1, 0.15) is 11.3 Å². The summed E-state index contributed by atoms with van der Waals surface area (Å²) in [5, 5.41) is 14.4. The Morgan fingerprint density at radius 3 is 2.11 bits per heavy atom. The van der Waals surface area contributed by atoms with Crippen LogP contribution >= 0.6 is 0 Å². The third kappa shape index (κ3) is 6.95. The molecule has 0 aliphatic carbocycles. The summed E-state index contributed by atoms with van der Waals surface area (Å²) in [7, 11) is -3.84. The van der Waals surface area contributed by atoms with Crippen molar-refractivity contribution < 1.29 is 27.9 Å². The van der Waals surface area contributed by atoms with Gasteiger partial charge < -0.3 is 15.7 Å². The molecule has 1 aliphatic rings. The summed E-state index contributed by atoms with van der Waals surface area (Å²) in [6, 6.07) is 14.7. The molecule has 3 N–H and O–H groups in total. The average molecular weight is 530 g/mol. The second-order valence-corrected chi connectivity index (χ2v) is 12.3. The number of hydrogen-bond donors (Lipinski definition) is 3. The molecule has 1 aliphatic heterocycles. The second kappa shape index (κ2) is 11.4. The van der Waals surface area contributed by atoms with Crippen LogP contribution in [0.1, 0.15) is 56.1 Å². The number of benzene rings is 2.